The second kappa shape index (κ2) is 7.62. The molecule has 0 bridgehead atoms. The minimum absolute atomic E-state index is 0.0375. The standard InChI is InChI=1S/C20H22F3N5O/c1-12(2)19-26-17(27-29-19)11-28-8-4-7-16(28)18-24-10-15(25-18)13-5-3-6-14(9-13)20(21,22)23/h3,5-6,9-10,12,16H,4,7-8,11H2,1-2H3,(H,24,25). The summed E-state index contributed by atoms with van der Waals surface area (Å²) in [5, 5.41) is 4.05. The molecular weight excluding hydrogens is 383 g/mol. The van der Waals surface area contributed by atoms with E-state index in [0.29, 0.717) is 29.5 Å². The van der Waals surface area contributed by atoms with E-state index < -0.39 is 11.7 Å². The zero-order valence-electron chi connectivity index (χ0n) is 16.2. The Morgan fingerprint density at radius 2 is 2.14 bits per heavy atom. The largest absolute Gasteiger partial charge is 0.416 e. The fourth-order valence-corrected chi connectivity index (χ4v) is 3.59. The highest BCUT2D eigenvalue weighted by molar-refractivity contribution is 5.59. The first kappa shape index (κ1) is 19.6. The van der Waals surface area contributed by atoms with E-state index in [1.165, 1.54) is 6.07 Å². The van der Waals surface area contributed by atoms with Crippen LogP contribution in [0.25, 0.3) is 11.3 Å². The van der Waals surface area contributed by atoms with Gasteiger partial charge >= 0.3 is 6.18 Å². The fraction of sp³-hybridized carbons (Fsp3) is 0.450. The first-order valence-corrected chi connectivity index (χ1v) is 9.60. The van der Waals surface area contributed by atoms with Gasteiger partial charge in [0.05, 0.1) is 30.0 Å². The molecule has 0 amide bonds. The molecule has 3 aromatic rings. The fourth-order valence-electron chi connectivity index (χ4n) is 3.59. The highest BCUT2D eigenvalue weighted by atomic mass is 19.4. The summed E-state index contributed by atoms with van der Waals surface area (Å²) in [7, 11) is 0. The summed E-state index contributed by atoms with van der Waals surface area (Å²) in [6.07, 6.45) is -0.878. The molecule has 6 nitrogen and oxygen atoms in total. The van der Waals surface area contributed by atoms with Crippen molar-refractivity contribution < 1.29 is 17.7 Å². The molecule has 0 radical (unpaired) electrons. The molecule has 2 aromatic heterocycles. The summed E-state index contributed by atoms with van der Waals surface area (Å²) in [6.45, 7) is 5.40. The Balaban J connectivity index is 1.52. The lowest BCUT2D eigenvalue weighted by Gasteiger charge is -2.21. The number of nitrogens with one attached hydrogen (secondary N) is 1. The van der Waals surface area contributed by atoms with Crippen molar-refractivity contribution in [3.63, 3.8) is 0 Å². The SMILES string of the molecule is CC(C)c1nc(CN2CCCC2c2ncc(-c3cccc(C(F)(F)F)c3)[nH]2)no1. The van der Waals surface area contributed by atoms with Crippen LogP contribution in [0.3, 0.4) is 0 Å². The van der Waals surface area contributed by atoms with E-state index in [1.807, 2.05) is 13.8 Å². The van der Waals surface area contributed by atoms with Crippen LogP contribution < -0.4 is 0 Å². The molecule has 9 heteroatoms. The monoisotopic (exact) mass is 405 g/mol. The number of halogens is 3. The number of imidazole rings is 1. The van der Waals surface area contributed by atoms with Gasteiger partial charge in [-0.25, -0.2) is 4.98 Å². The minimum atomic E-state index is -4.37. The van der Waals surface area contributed by atoms with Gasteiger partial charge in [0.25, 0.3) is 0 Å². The zero-order valence-corrected chi connectivity index (χ0v) is 16.2. The van der Waals surface area contributed by atoms with Gasteiger partial charge in [-0.3, -0.25) is 4.90 Å². The third-order valence-electron chi connectivity index (χ3n) is 5.10. The molecule has 1 aliphatic rings. The van der Waals surface area contributed by atoms with Crippen LogP contribution >= 0.6 is 0 Å². The number of hydrogen-bond acceptors (Lipinski definition) is 5. The summed E-state index contributed by atoms with van der Waals surface area (Å²) in [4.78, 5) is 14.3. The van der Waals surface area contributed by atoms with Gasteiger partial charge in [-0.1, -0.05) is 31.1 Å². The van der Waals surface area contributed by atoms with Crippen molar-refractivity contribution in [2.24, 2.45) is 0 Å². The van der Waals surface area contributed by atoms with Crippen molar-refractivity contribution >= 4 is 0 Å². The van der Waals surface area contributed by atoms with Crippen LogP contribution in [0, 0.1) is 0 Å². The smallest absolute Gasteiger partial charge is 0.341 e. The number of likely N-dealkylation sites (tertiary alicyclic amines) is 1. The Hall–Kier alpha value is -2.68. The van der Waals surface area contributed by atoms with E-state index in [0.717, 1.165) is 37.3 Å². The average Bonchev–Trinajstić information content (AvgIpc) is 3.42. The maximum absolute atomic E-state index is 13.0. The molecule has 1 atom stereocenters. The Kier molecular flexibility index (Phi) is 5.16. The Morgan fingerprint density at radius 3 is 2.86 bits per heavy atom. The lowest BCUT2D eigenvalue weighted by Crippen LogP contribution is -2.24. The number of H-pyrrole nitrogens is 1. The van der Waals surface area contributed by atoms with Crippen LogP contribution in [0.1, 0.15) is 61.8 Å². The maximum atomic E-state index is 13.0. The molecule has 1 aliphatic heterocycles. The quantitative estimate of drug-likeness (QED) is 0.651. The summed E-state index contributed by atoms with van der Waals surface area (Å²) < 4.78 is 44.3. The van der Waals surface area contributed by atoms with Gasteiger partial charge < -0.3 is 9.51 Å². The molecule has 1 fully saturated rings. The predicted molar refractivity (Wildman–Crippen MR) is 99.8 cm³/mol. The second-order valence-corrected chi connectivity index (χ2v) is 7.59. The first-order chi connectivity index (χ1) is 13.8. The van der Waals surface area contributed by atoms with Crippen molar-refractivity contribution in [2.45, 2.75) is 51.4 Å². The summed E-state index contributed by atoms with van der Waals surface area (Å²) in [6, 6.07) is 5.29. The van der Waals surface area contributed by atoms with Crippen LogP contribution in [-0.2, 0) is 12.7 Å². The number of rotatable bonds is 5. The Labute approximate surface area is 166 Å². The molecule has 4 rings (SSSR count). The molecule has 29 heavy (non-hydrogen) atoms. The predicted octanol–water partition coefficient (Wildman–Crippen LogP) is 4.94. The summed E-state index contributed by atoms with van der Waals surface area (Å²) in [5.74, 6) is 2.15. The van der Waals surface area contributed by atoms with Crippen molar-refractivity contribution in [3.8, 4) is 11.3 Å². The Bertz CT molecular complexity index is 978. The van der Waals surface area contributed by atoms with Gasteiger partial charge in [-0.2, -0.15) is 18.2 Å². The third kappa shape index (κ3) is 4.19. The molecule has 1 saturated heterocycles. The second-order valence-electron chi connectivity index (χ2n) is 7.59. The van der Waals surface area contributed by atoms with Crippen LogP contribution in [0.4, 0.5) is 13.2 Å². The average molecular weight is 405 g/mol. The van der Waals surface area contributed by atoms with Crippen LogP contribution in [0.5, 0.6) is 0 Å². The van der Waals surface area contributed by atoms with E-state index in [1.54, 1.807) is 12.3 Å². The van der Waals surface area contributed by atoms with Gasteiger partial charge in [0.1, 0.15) is 5.82 Å². The molecular formula is C20H22F3N5O. The number of hydrogen-bond donors (Lipinski definition) is 1. The molecule has 1 aromatic carbocycles. The molecule has 0 saturated carbocycles. The van der Waals surface area contributed by atoms with E-state index in [-0.39, 0.29) is 12.0 Å². The van der Waals surface area contributed by atoms with Gasteiger partial charge in [0, 0.05) is 11.5 Å². The molecule has 154 valence electrons. The number of alkyl halides is 3. The summed E-state index contributed by atoms with van der Waals surface area (Å²) in [5.41, 5.74) is 0.356. The van der Waals surface area contributed by atoms with E-state index in [4.69, 9.17) is 4.52 Å². The van der Waals surface area contributed by atoms with Crippen LogP contribution in [0.15, 0.2) is 35.0 Å². The van der Waals surface area contributed by atoms with E-state index in [2.05, 4.69) is 25.0 Å². The minimum Gasteiger partial charge on any atom is -0.341 e. The summed E-state index contributed by atoms with van der Waals surface area (Å²) >= 11 is 0. The topological polar surface area (TPSA) is 70.8 Å². The van der Waals surface area contributed by atoms with Crippen LogP contribution in [-0.4, -0.2) is 31.6 Å². The van der Waals surface area contributed by atoms with Gasteiger partial charge in [-0.05, 0) is 31.5 Å². The van der Waals surface area contributed by atoms with Gasteiger partial charge in [0.15, 0.2) is 5.82 Å². The first-order valence-electron chi connectivity index (χ1n) is 9.60. The maximum Gasteiger partial charge on any atom is 0.416 e. The van der Waals surface area contributed by atoms with Crippen molar-refractivity contribution in [3.05, 3.63) is 53.6 Å². The molecule has 3 heterocycles. The van der Waals surface area contributed by atoms with Gasteiger partial charge in [0.2, 0.25) is 5.89 Å². The van der Waals surface area contributed by atoms with Crippen molar-refractivity contribution in [2.75, 3.05) is 6.54 Å². The molecule has 1 N–H and O–H groups in total. The van der Waals surface area contributed by atoms with Crippen molar-refractivity contribution in [1.82, 2.24) is 25.0 Å². The molecule has 0 spiro atoms. The number of nitrogens with zero attached hydrogens (tertiary/aromatic N) is 4. The number of aromatic amines is 1. The van der Waals surface area contributed by atoms with Gasteiger partial charge in [-0.15, -0.1) is 0 Å². The zero-order chi connectivity index (χ0) is 20.6. The highest BCUT2D eigenvalue weighted by Crippen LogP contribution is 2.34. The molecule has 0 aliphatic carbocycles. The highest BCUT2D eigenvalue weighted by Gasteiger charge is 2.32. The van der Waals surface area contributed by atoms with Crippen molar-refractivity contribution in [1.29, 1.82) is 0 Å². The molecule has 1 unspecified atom stereocenters. The lowest BCUT2D eigenvalue weighted by atomic mass is 10.1. The third-order valence-corrected chi connectivity index (χ3v) is 5.10. The van der Waals surface area contributed by atoms with E-state index >= 15 is 0 Å². The normalized spacial score (nSPS) is 18.1. The van der Waals surface area contributed by atoms with E-state index in [9.17, 15) is 13.2 Å². The lowest BCUT2D eigenvalue weighted by molar-refractivity contribution is -0.137. The van der Waals surface area contributed by atoms with Crippen LogP contribution in [0.2, 0.25) is 0 Å². The number of aromatic nitrogens is 4. The Morgan fingerprint density at radius 1 is 1.31 bits per heavy atom. The number of benzene rings is 1.